The highest BCUT2D eigenvalue weighted by atomic mass is 32.2. The van der Waals surface area contributed by atoms with Gasteiger partial charge in [0, 0.05) is 22.3 Å². The van der Waals surface area contributed by atoms with Crippen molar-refractivity contribution >= 4 is 17.4 Å². The van der Waals surface area contributed by atoms with Crippen LogP contribution in [0.5, 0.6) is 0 Å². The third-order valence-corrected chi connectivity index (χ3v) is 7.12. The second-order valence-electron chi connectivity index (χ2n) is 7.86. The number of hydrogen-bond acceptors (Lipinski definition) is 2. The predicted molar refractivity (Wildman–Crippen MR) is 120 cm³/mol. The summed E-state index contributed by atoms with van der Waals surface area (Å²) < 4.78 is 0. The molecule has 0 radical (unpaired) electrons. The first-order valence-electron chi connectivity index (χ1n) is 10.1. The molecule has 140 valence electrons. The minimum absolute atomic E-state index is 0.386. The molecule has 3 aromatic rings. The van der Waals surface area contributed by atoms with Gasteiger partial charge in [0.1, 0.15) is 0 Å². The predicted octanol–water partition coefficient (Wildman–Crippen LogP) is 7.11. The van der Waals surface area contributed by atoms with Gasteiger partial charge >= 0.3 is 0 Å². The molecule has 28 heavy (non-hydrogen) atoms. The van der Waals surface area contributed by atoms with Crippen molar-refractivity contribution in [1.29, 1.82) is 0 Å². The SMILES string of the molecule is Cc1cc(CSc2ccccc2)cc2c1N[C@H](c1ccccc1)[C@H]1CC=C[C@H]21. The van der Waals surface area contributed by atoms with E-state index in [1.807, 2.05) is 11.8 Å². The molecule has 2 heteroatoms. The van der Waals surface area contributed by atoms with Crippen LogP contribution in [-0.4, -0.2) is 0 Å². The zero-order valence-electron chi connectivity index (χ0n) is 16.1. The molecule has 1 nitrogen and oxygen atoms in total. The fourth-order valence-electron chi connectivity index (χ4n) is 4.72. The van der Waals surface area contributed by atoms with E-state index < -0.39 is 0 Å². The molecule has 3 atom stereocenters. The van der Waals surface area contributed by atoms with Crippen LogP contribution in [0.4, 0.5) is 5.69 Å². The molecule has 0 amide bonds. The first-order valence-corrected chi connectivity index (χ1v) is 11.1. The summed E-state index contributed by atoms with van der Waals surface area (Å²) in [6.45, 7) is 2.25. The van der Waals surface area contributed by atoms with E-state index in [2.05, 4.69) is 97.2 Å². The van der Waals surface area contributed by atoms with Crippen LogP contribution in [0.1, 0.15) is 40.6 Å². The maximum atomic E-state index is 3.91. The highest BCUT2D eigenvalue weighted by Gasteiger charge is 2.38. The Balaban J connectivity index is 1.46. The summed E-state index contributed by atoms with van der Waals surface area (Å²) in [6.07, 6.45) is 5.97. The van der Waals surface area contributed by atoms with E-state index in [1.165, 1.54) is 32.8 Å². The number of anilines is 1. The van der Waals surface area contributed by atoms with Gasteiger partial charge in [0.15, 0.2) is 0 Å². The topological polar surface area (TPSA) is 12.0 Å². The van der Waals surface area contributed by atoms with Crippen LogP contribution in [0.3, 0.4) is 0 Å². The van der Waals surface area contributed by atoms with Crippen LogP contribution >= 0.6 is 11.8 Å². The Labute approximate surface area is 171 Å². The molecule has 1 aliphatic carbocycles. The van der Waals surface area contributed by atoms with E-state index >= 15 is 0 Å². The molecule has 0 fully saturated rings. The Morgan fingerprint density at radius 2 is 1.71 bits per heavy atom. The number of allylic oxidation sites excluding steroid dienone is 2. The average Bonchev–Trinajstić information content (AvgIpc) is 3.24. The number of thioether (sulfide) groups is 1. The maximum Gasteiger partial charge on any atom is 0.0554 e. The van der Waals surface area contributed by atoms with Gasteiger partial charge in [-0.05, 0) is 53.6 Å². The number of rotatable bonds is 4. The first-order chi connectivity index (χ1) is 13.8. The second-order valence-corrected chi connectivity index (χ2v) is 8.91. The highest BCUT2D eigenvalue weighted by Crippen LogP contribution is 2.51. The monoisotopic (exact) mass is 383 g/mol. The molecule has 0 spiro atoms. The van der Waals surface area contributed by atoms with E-state index in [0.29, 0.717) is 17.9 Å². The van der Waals surface area contributed by atoms with Crippen molar-refractivity contribution < 1.29 is 0 Å². The lowest BCUT2D eigenvalue weighted by atomic mass is 9.76. The molecule has 0 unspecified atom stereocenters. The van der Waals surface area contributed by atoms with E-state index in [4.69, 9.17) is 0 Å². The van der Waals surface area contributed by atoms with Gasteiger partial charge in [-0.15, -0.1) is 11.8 Å². The molecule has 3 aromatic carbocycles. The average molecular weight is 384 g/mol. The molecule has 0 aromatic heterocycles. The maximum absolute atomic E-state index is 3.91. The van der Waals surface area contributed by atoms with Gasteiger partial charge in [-0.2, -0.15) is 0 Å². The van der Waals surface area contributed by atoms with Gasteiger partial charge in [0.25, 0.3) is 0 Å². The Kier molecular flexibility index (Phi) is 4.74. The summed E-state index contributed by atoms with van der Waals surface area (Å²) in [6, 6.07) is 26.8. The van der Waals surface area contributed by atoms with Crippen molar-refractivity contribution in [3.05, 3.63) is 107 Å². The van der Waals surface area contributed by atoms with Gasteiger partial charge in [0.2, 0.25) is 0 Å². The van der Waals surface area contributed by atoms with Crippen molar-refractivity contribution in [2.75, 3.05) is 5.32 Å². The highest BCUT2D eigenvalue weighted by molar-refractivity contribution is 7.98. The smallest absolute Gasteiger partial charge is 0.0554 e. The molecule has 2 aliphatic rings. The van der Waals surface area contributed by atoms with Crippen molar-refractivity contribution in [3.63, 3.8) is 0 Å². The van der Waals surface area contributed by atoms with Gasteiger partial charge in [0.05, 0.1) is 6.04 Å². The molecule has 1 N–H and O–H groups in total. The third-order valence-electron chi connectivity index (χ3n) is 6.03. The second kappa shape index (κ2) is 7.52. The van der Waals surface area contributed by atoms with Crippen molar-refractivity contribution in [3.8, 4) is 0 Å². The Bertz CT molecular complexity index is 994. The van der Waals surface area contributed by atoms with Crippen molar-refractivity contribution in [2.45, 2.75) is 36.0 Å². The number of benzene rings is 3. The minimum Gasteiger partial charge on any atom is -0.377 e. The van der Waals surface area contributed by atoms with Crippen molar-refractivity contribution in [2.24, 2.45) is 5.92 Å². The zero-order chi connectivity index (χ0) is 18.9. The van der Waals surface area contributed by atoms with Gasteiger partial charge in [-0.25, -0.2) is 0 Å². The summed E-state index contributed by atoms with van der Waals surface area (Å²) in [5, 5.41) is 3.91. The van der Waals surface area contributed by atoms with Crippen LogP contribution in [0.15, 0.2) is 89.8 Å². The standard InChI is InChI=1S/C26H25NS/c1-18-15-19(17-28-21-11-6-3-7-12-21)16-24-22-13-8-14-23(22)26(27-25(18)24)20-9-4-2-5-10-20/h2-13,15-16,22-23,26-27H,14,17H2,1H3/t22-,23-,26+/m0/s1. The number of fused-ring (bicyclic) bond motifs is 3. The largest absolute Gasteiger partial charge is 0.377 e. The molecule has 0 saturated carbocycles. The quantitative estimate of drug-likeness (QED) is 0.380. The summed E-state index contributed by atoms with van der Waals surface area (Å²) in [5.74, 6) is 2.13. The fourth-order valence-corrected chi connectivity index (χ4v) is 5.57. The van der Waals surface area contributed by atoms with Crippen molar-refractivity contribution in [1.82, 2.24) is 0 Å². The number of aryl methyl sites for hydroxylation is 1. The fraction of sp³-hybridized carbons (Fsp3) is 0.231. The van der Waals surface area contributed by atoms with Crippen LogP contribution < -0.4 is 5.32 Å². The lowest BCUT2D eigenvalue weighted by Crippen LogP contribution is -2.29. The van der Waals surface area contributed by atoms with Crippen LogP contribution in [-0.2, 0) is 5.75 Å². The van der Waals surface area contributed by atoms with E-state index in [1.54, 1.807) is 0 Å². The summed E-state index contributed by atoms with van der Waals surface area (Å²) in [5.41, 5.74) is 7.00. The number of nitrogens with one attached hydrogen (secondary N) is 1. The third kappa shape index (κ3) is 3.27. The van der Waals surface area contributed by atoms with E-state index in [0.717, 1.165) is 12.2 Å². The first kappa shape index (κ1) is 17.6. The van der Waals surface area contributed by atoms with E-state index in [9.17, 15) is 0 Å². The van der Waals surface area contributed by atoms with Gasteiger partial charge < -0.3 is 5.32 Å². The Morgan fingerprint density at radius 1 is 0.964 bits per heavy atom. The molecular weight excluding hydrogens is 358 g/mol. The number of hydrogen-bond donors (Lipinski definition) is 1. The molecule has 1 aliphatic heterocycles. The minimum atomic E-state index is 0.386. The van der Waals surface area contributed by atoms with Gasteiger partial charge in [-0.3, -0.25) is 0 Å². The lowest BCUT2D eigenvalue weighted by molar-refractivity contribution is 0.425. The van der Waals surface area contributed by atoms with Gasteiger partial charge in [-0.1, -0.05) is 72.8 Å². The zero-order valence-corrected chi connectivity index (χ0v) is 17.0. The van der Waals surface area contributed by atoms with E-state index in [-0.39, 0.29) is 0 Å². The van der Waals surface area contributed by atoms with Crippen LogP contribution in [0, 0.1) is 12.8 Å². The normalized spacial score (nSPS) is 22.4. The summed E-state index contributed by atoms with van der Waals surface area (Å²) in [4.78, 5) is 1.33. The molecular formula is C26H25NS. The van der Waals surface area contributed by atoms with Crippen LogP contribution in [0.2, 0.25) is 0 Å². The Hall–Kier alpha value is -2.45. The summed E-state index contributed by atoms with van der Waals surface area (Å²) in [7, 11) is 0. The molecule has 1 heterocycles. The van der Waals surface area contributed by atoms with Crippen LogP contribution in [0.25, 0.3) is 0 Å². The lowest BCUT2D eigenvalue weighted by Gasteiger charge is -2.38. The Morgan fingerprint density at radius 3 is 2.50 bits per heavy atom. The molecule has 0 bridgehead atoms. The summed E-state index contributed by atoms with van der Waals surface area (Å²) >= 11 is 1.92. The molecule has 5 rings (SSSR count). The molecule has 0 saturated heterocycles.